The average Bonchev–Trinajstić information content (AvgIpc) is 2.42. The Morgan fingerprint density at radius 1 is 1.32 bits per heavy atom. The molecule has 0 aliphatic carbocycles. The van der Waals surface area contributed by atoms with Crippen molar-refractivity contribution in [3.05, 3.63) is 34.7 Å². The van der Waals surface area contributed by atoms with Gasteiger partial charge in [0.25, 0.3) is 0 Å². The number of benzene rings is 1. The number of methoxy groups -OCH3 is 1. The van der Waals surface area contributed by atoms with E-state index in [-0.39, 0.29) is 17.5 Å². The van der Waals surface area contributed by atoms with Crippen LogP contribution in [0.2, 0.25) is 5.02 Å². The normalized spacial score (nSPS) is 12.5. The molecule has 0 aromatic heterocycles. The van der Waals surface area contributed by atoms with Crippen LogP contribution in [-0.4, -0.2) is 18.8 Å². The number of nitrogens with zero attached hydrogens (tertiary/aromatic N) is 1. The predicted octanol–water partition coefficient (Wildman–Crippen LogP) is 3.01. The first-order valence-electron chi connectivity index (χ1n) is 6.66. The topological polar surface area (TPSA) is 107 Å². The van der Waals surface area contributed by atoms with Crippen molar-refractivity contribution in [1.82, 2.24) is 0 Å². The van der Waals surface area contributed by atoms with E-state index in [2.05, 4.69) is 4.99 Å². The lowest BCUT2D eigenvalue weighted by atomic mass is 10.0. The number of hydrogen-bond acceptors (Lipinski definition) is 4. The van der Waals surface area contributed by atoms with Crippen LogP contribution in [0.3, 0.4) is 0 Å². The molecule has 0 heterocycles. The number of hydrogen-bond donors (Lipinski definition) is 3. The van der Waals surface area contributed by atoms with Crippen molar-refractivity contribution in [2.24, 2.45) is 16.5 Å². The van der Waals surface area contributed by atoms with Gasteiger partial charge in [-0.3, -0.25) is 5.41 Å². The molecular formula is C15H21ClN4O2. The SMILES string of the molecule is COc1cc(C(C)C)c(O/C(=C/N=C(C)N)C(=N)N)cc1Cl. The van der Waals surface area contributed by atoms with Crippen molar-refractivity contribution >= 4 is 23.3 Å². The van der Waals surface area contributed by atoms with Gasteiger partial charge in [0.1, 0.15) is 11.5 Å². The van der Waals surface area contributed by atoms with Crippen LogP contribution >= 0.6 is 11.6 Å². The average molecular weight is 325 g/mol. The van der Waals surface area contributed by atoms with Crippen LogP contribution < -0.4 is 20.9 Å². The van der Waals surface area contributed by atoms with Crippen molar-refractivity contribution in [2.75, 3.05) is 7.11 Å². The summed E-state index contributed by atoms with van der Waals surface area (Å²) in [5, 5.41) is 7.98. The molecular weight excluding hydrogens is 304 g/mol. The van der Waals surface area contributed by atoms with Crippen LogP contribution in [0.4, 0.5) is 0 Å². The number of nitrogens with two attached hydrogens (primary N) is 2. The Hall–Kier alpha value is -2.21. The minimum absolute atomic E-state index is 0.0907. The summed E-state index contributed by atoms with van der Waals surface area (Å²) in [5.74, 6) is 1.38. The Bertz CT molecular complexity index is 620. The largest absolute Gasteiger partial charge is 0.495 e. The molecule has 0 saturated heterocycles. The van der Waals surface area contributed by atoms with Gasteiger partial charge in [-0.25, -0.2) is 4.99 Å². The Morgan fingerprint density at radius 2 is 1.95 bits per heavy atom. The molecule has 0 saturated carbocycles. The molecule has 0 spiro atoms. The maximum atomic E-state index is 7.57. The third-order valence-corrected chi connectivity index (χ3v) is 3.07. The second-order valence-corrected chi connectivity index (χ2v) is 5.37. The van der Waals surface area contributed by atoms with Gasteiger partial charge in [0.15, 0.2) is 11.6 Å². The molecule has 120 valence electrons. The summed E-state index contributed by atoms with van der Waals surface area (Å²) in [4.78, 5) is 3.90. The van der Waals surface area contributed by atoms with Gasteiger partial charge < -0.3 is 20.9 Å². The van der Waals surface area contributed by atoms with Gasteiger partial charge in [-0.05, 0) is 18.9 Å². The van der Waals surface area contributed by atoms with Gasteiger partial charge in [-0.15, -0.1) is 0 Å². The number of aliphatic imine (C=N–C) groups is 1. The highest BCUT2D eigenvalue weighted by Crippen LogP contribution is 2.37. The Balaban J connectivity index is 3.30. The minimum Gasteiger partial charge on any atom is -0.495 e. The summed E-state index contributed by atoms with van der Waals surface area (Å²) in [6.45, 7) is 5.64. The van der Waals surface area contributed by atoms with Crippen LogP contribution in [-0.2, 0) is 0 Å². The number of nitrogens with one attached hydrogen (secondary N) is 1. The summed E-state index contributed by atoms with van der Waals surface area (Å²) >= 11 is 6.14. The van der Waals surface area contributed by atoms with Crippen LogP contribution in [0.1, 0.15) is 32.3 Å². The van der Waals surface area contributed by atoms with Crippen molar-refractivity contribution in [1.29, 1.82) is 5.41 Å². The third kappa shape index (κ3) is 4.66. The summed E-state index contributed by atoms with van der Waals surface area (Å²) in [6.07, 6.45) is 1.31. The highest BCUT2D eigenvalue weighted by atomic mass is 35.5. The first kappa shape index (κ1) is 17.8. The molecule has 0 aliphatic heterocycles. The fourth-order valence-corrected chi connectivity index (χ4v) is 1.91. The Morgan fingerprint density at radius 3 is 2.41 bits per heavy atom. The van der Waals surface area contributed by atoms with Crippen LogP contribution in [0.25, 0.3) is 0 Å². The zero-order chi connectivity index (χ0) is 16.9. The number of ether oxygens (including phenoxy) is 2. The molecule has 1 rings (SSSR count). The lowest BCUT2D eigenvalue weighted by Crippen LogP contribution is -2.18. The summed E-state index contributed by atoms with van der Waals surface area (Å²) in [7, 11) is 1.55. The lowest BCUT2D eigenvalue weighted by Gasteiger charge is -2.17. The second-order valence-electron chi connectivity index (χ2n) is 4.96. The van der Waals surface area contributed by atoms with E-state index in [9.17, 15) is 0 Å². The summed E-state index contributed by atoms with van der Waals surface area (Å²) in [6, 6.07) is 3.43. The van der Waals surface area contributed by atoms with E-state index < -0.39 is 0 Å². The fourth-order valence-electron chi connectivity index (χ4n) is 1.68. The highest BCUT2D eigenvalue weighted by Gasteiger charge is 2.16. The standard InChI is InChI=1S/C15H21ClN4O2/c1-8(2)10-5-13(21-4)11(16)6-12(10)22-14(15(18)19)7-20-9(3)17/h5-8H,1-4H3,(H2,17,20)(H3,18,19)/b14-7+. The first-order valence-corrected chi connectivity index (χ1v) is 7.03. The minimum atomic E-state index is -0.258. The molecule has 0 fully saturated rings. The molecule has 0 atom stereocenters. The molecule has 0 amide bonds. The summed E-state index contributed by atoms with van der Waals surface area (Å²) < 4.78 is 10.9. The number of amidine groups is 2. The quantitative estimate of drug-likeness (QED) is 0.424. The van der Waals surface area contributed by atoms with Gasteiger partial charge >= 0.3 is 0 Å². The highest BCUT2D eigenvalue weighted by molar-refractivity contribution is 6.32. The molecule has 6 nitrogen and oxygen atoms in total. The molecule has 0 bridgehead atoms. The van der Waals surface area contributed by atoms with Crippen molar-refractivity contribution in [2.45, 2.75) is 26.7 Å². The van der Waals surface area contributed by atoms with Crippen molar-refractivity contribution in [3.8, 4) is 11.5 Å². The Labute approximate surface area is 135 Å². The van der Waals surface area contributed by atoms with Crippen LogP contribution in [0, 0.1) is 5.41 Å². The van der Waals surface area contributed by atoms with Gasteiger partial charge in [0, 0.05) is 11.6 Å². The van der Waals surface area contributed by atoms with Crippen LogP contribution in [0.5, 0.6) is 11.5 Å². The van der Waals surface area contributed by atoms with E-state index in [4.69, 9.17) is 38.0 Å². The second kappa shape index (κ2) is 7.70. The monoisotopic (exact) mass is 324 g/mol. The van der Waals surface area contributed by atoms with E-state index in [1.807, 2.05) is 13.8 Å². The van der Waals surface area contributed by atoms with Gasteiger partial charge in [0.05, 0.1) is 24.2 Å². The molecule has 22 heavy (non-hydrogen) atoms. The van der Waals surface area contributed by atoms with Crippen molar-refractivity contribution < 1.29 is 9.47 Å². The van der Waals surface area contributed by atoms with Gasteiger partial charge in [-0.2, -0.15) is 0 Å². The van der Waals surface area contributed by atoms with E-state index in [1.54, 1.807) is 26.2 Å². The summed E-state index contributed by atoms with van der Waals surface area (Å²) in [5.41, 5.74) is 11.9. The molecule has 5 N–H and O–H groups in total. The van der Waals surface area contributed by atoms with E-state index in [1.165, 1.54) is 6.20 Å². The molecule has 1 aromatic carbocycles. The molecule has 0 radical (unpaired) electrons. The molecule has 0 aliphatic rings. The molecule has 7 heteroatoms. The van der Waals surface area contributed by atoms with Gasteiger partial charge in [0.2, 0.25) is 0 Å². The van der Waals surface area contributed by atoms with Crippen molar-refractivity contribution in [3.63, 3.8) is 0 Å². The number of halogens is 1. The maximum absolute atomic E-state index is 7.57. The van der Waals surface area contributed by atoms with E-state index in [0.29, 0.717) is 22.4 Å². The number of rotatable bonds is 6. The Kier molecular flexibility index (Phi) is 6.24. The fraction of sp³-hybridized carbons (Fsp3) is 0.333. The molecule has 0 unspecified atom stereocenters. The first-order chi connectivity index (χ1) is 10.3. The smallest absolute Gasteiger partial charge is 0.187 e. The lowest BCUT2D eigenvalue weighted by molar-refractivity contribution is 0.408. The van der Waals surface area contributed by atoms with E-state index >= 15 is 0 Å². The maximum Gasteiger partial charge on any atom is 0.187 e. The van der Waals surface area contributed by atoms with Crippen LogP contribution in [0.15, 0.2) is 29.1 Å². The molecule has 1 aromatic rings. The zero-order valence-corrected chi connectivity index (χ0v) is 13.9. The van der Waals surface area contributed by atoms with Gasteiger partial charge in [-0.1, -0.05) is 25.4 Å². The zero-order valence-electron chi connectivity index (χ0n) is 13.1. The predicted molar refractivity (Wildman–Crippen MR) is 90.0 cm³/mol. The third-order valence-electron chi connectivity index (χ3n) is 2.78. The van der Waals surface area contributed by atoms with E-state index in [0.717, 1.165) is 5.56 Å².